The lowest BCUT2D eigenvalue weighted by atomic mass is 10.2. The summed E-state index contributed by atoms with van der Waals surface area (Å²) in [7, 11) is 7.80. The van der Waals surface area contributed by atoms with E-state index in [1.165, 1.54) is 0 Å². The van der Waals surface area contributed by atoms with Crippen LogP contribution in [0.15, 0.2) is 4.99 Å². The summed E-state index contributed by atoms with van der Waals surface area (Å²) < 4.78 is 0. The van der Waals surface area contributed by atoms with E-state index in [0.717, 1.165) is 5.96 Å². The molecule has 0 saturated carbocycles. The van der Waals surface area contributed by atoms with Gasteiger partial charge in [-0.2, -0.15) is 0 Å². The van der Waals surface area contributed by atoms with Crippen molar-refractivity contribution in [2.75, 3.05) is 41.3 Å². The van der Waals surface area contributed by atoms with E-state index in [1.54, 1.807) is 0 Å². The van der Waals surface area contributed by atoms with Crippen LogP contribution < -0.4 is 5.32 Å². The minimum atomic E-state index is 0. The van der Waals surface area contributed by atoms with E-state index in [4.69, 9.17) is 0 Å². The van der Waals surface area contributed by atoms with E-state index < -0.39 is 0 Å². The first kappa shape index (κ1) is 18.8. The lowest BCUT2D eigenvalue weighted by Crippen LogP contribution is -2.36. The molecule has 6 heteroatoms. The first-order chi connectivity index (χ1) is 7.36. The number of nitrogens with one attached hydrogen (secondary N) is 1. The van der Waals surface area contributed by atoms with Crippen LogP contribution in [0.2, 0.25) is 0 Å². The van der Waals surface area contributed by atoms with Crippen molar-refractivity contribution < 1.29 is 4.79 Å². The van der Waals surface area contributed by atoms with E-state index in [9.17, 15) is 4.79 Å². The van der Waals surface area contributed by atoms with Gasteiger partial charge in [-0.25, -0.2) is 0 Å². The van der Waals surface area contributed by atoms with Crippen LogP contribution in [-0.4, -0.2) is 62.9 Å². The van der Waals surface area contributed by atoms with Gasteiger partial charge in [-0.3, -0.25) is 9.79 Å². The Kier molecular flexibility index (Phi) is 10.5. The Balaban J connectivity index is 0. The van der Waals surface area contributed by atoms with Crippen molar-refractivity contribution in [1.82, 2.24) is 15.1 Å². The van der Waals surface area contributed by atoms with Crippen molar-refractivity contribution in [1.29, 1.82) is 0 Å². The van der Waals surface area contributed by atoms with E-state index in [1.807, 2.05) is 51.8 Å². The second-order valence-corrected chi connectivity index (χ2v) is 4.42. The Morgan fingerprint density at radius 1 is 1.18 bits per heavy atom. The van der Waals surface area contributed by atoms with Gasteiger partial charge in [-0.15, -0.1) is 24.0 Å². The molecule has 0 unspecified atom stereocenters. The predicted octanol–water partition coefficient (Wildman–Crippen LogP) is 0.856. The van der Waals surface area contributed by atoms with Gasteiger partial charge in [-0.05, 0) is 0 Å². The van der Waals surface area contributed by atoms with Gasteiger partial charge < -0.3 is 15.1 Å². The van der Waals surface area contributed by atoms with E-state index >= 15 is 0 Å². The molecule has 0 aromatic rings. The van der Waals surface area contributed by atoms with Crippen LogP contribution in [0.1, 0.15) is 13.8 Å². The number of rotatable bonds is 4. The van der Waals surface area contributed by atoms with Gasteiger partial charge in [0.1, 0.15) is 0 Å². The second-order valence-electron chi connectivity index (χ2n) is 4.42. The number of hydrogen-bond donors (Lipinski definition) is 1. The molecule has 0 aliphatic rings. The topological polar surface area (TPSA) is 47.9 Å². The van der Waals surface area contributed by atoms with Crippen molar-refractivity contribution in [2.24, 2.45) is 10.9 Å². The van der Waals surface area contributed by atoms with Gasteiger partial charge in [0.25, 0.3) is 0 Å². The molecule has 1 amide bonds. The number of hydrogen-bond acceptors (Lipinski definition) is 2. The van der Waals surface area contributed by atoms with Gasteiger partial charge in [0.05, 0.1) is 6.54 Å². The third kappa shape index (κ3) is 8.23. The fourth-order valence-electron chi connectivity index (χ4n) is 1.22. The number of nitrogens with zero attached hydrogens (tertiary/aromatic N) is 3. The van der Waals surface area contributed by atoms with E-state index in [2.05, 4.69) is 10.3 Å². The molecule has 0 fully saturated rings. The highest BCUT2D eigenvalue weighted by molar-refractivity contribution is 14.0. The zero-order valence-corrected chi connectivity index (χ0v) is 14.0. The van der Waals surface area contributed by atoms with Crippen LogP contribution in [-0.2, 0) is 4.79 Å². The smallest absolute Gasteiger partial charge is 0.222 e. The molecule has 0 aliphatic heterocycles. The quantitative estimate of drug-likeness (QED) is 0.352. The molecule has 5 nitrogen and oxygen atoms in total. The molecule has 0 spiro atoms. The van der Waals surface area contributed by atoms with Crippen LogP contribution in [0, 0.1) is 5.92 Å². The fraction of sp³-hybridized carbons (Fsp3) is 0.818. The number of amides is 1. The predicted molar refractivity (Wildman–Crippen MR) is 82.9 cm³/mol. The number of aliphatic imine (C=N–C) groups is 1. The Morgan fingerprint density at radius 2 is 1.65 bits per heavy atom. The largest absolute Gasteiger partial charge is 0.354 e. The van der Waals surface area contributed by atoms with Gasteiger partial charge in [0, 0.05) is 40.7 Å². The summed E-state index contributed by atoms with van der Waals surface area (Å²) in [6.07, 6.45) is 0. The van der Waals surface area contributed by atoms with Crippen molar-refractivity contribution >= 4 is 35.8 Å². The number of halogens is 1. The molecule has 0 saturated heterocycles. The normalized spacial score (nSPS) is 9.35. The molecule has 17 heavy (non-hydrogen) atoms. The SMILES string of the molecule is CC(C)C(=O)NCCN=C(N(C)C)N(C)C.I. The molecule has 0 rings (SSSR count). The summed E-state index contributed by atoms with van der Waals surface area (Å²) >= 11 is 0. The van der Waals surface area contributed by atoms with Gasteiger partial charge in [-0.1, -0.05) is 13.8 Å². The standard InChI is InChI=1S/C11H24N4O.HI/c1-9(2)10(16)12-7-8-13-11(14(3)4)15(5)6;/h9H,7-8H2,1-6H3,(H,12,16);1H. The fourth-order valence-corrected chi connectivity index (χ4v) is 1.22. The molecule has 0 radical (unpaired) electrons. The zero-order chi connectivity index (χ0) is 12.7. The molecule has 0 aromatic heterocycles. The Bertz CT molecular complexity index is 242. The van der Waals surface area contributed by atoms with Gasteiger partial charge >= 0.3 is 0 Å². The Hall–Kier alpha value is -0.530. The molecule has 0 heterocycles. The molecular formula is C11H25IN4O. The average Bonchev–Trinajstić information content (AvgIpc) is 2.15. The van der Waals surface area contributed by atoms with Crippen molar-refractivity contribution in [3.05, 3.63) is 0 Å². The maximum Gasteiger partial charge on any atom is 0.222 e. The minimum absolute atomic E-state index is 0. The third-order valence-corrected chi connectivity index (χ3v) is 1.99. The highest BCUT2D eigenvalue weighted by atomic mass is 127. The zero-order valence-electron chi connectivity index (χ0n) is 11.6. The lowest BCUT2D eigenvalue weighted by Gasteiger charge is -2.22. The summed E-state index contributed by atoms with van der Waals surface area (Å²) in [5.74, 6) is 1.01. The second kappa shape index (κ2) is 9.49. The minimum Gasteiger partial charge on any atom is -0.354 e. The first-order valence-electron chi connectivity index (χ1n) is 5.53. The molecule has 0 bridgehead atoms. The van der Waals surface area contributed by atoms with Crippen LogP contribution in [0.3, 0.4) is 0 Å². The summed E-state index contributed by atoms with van der Waals surface area (Å²) in [5.41, 5.74) is 0. The van der Waals surface area contributed by atoms with E-state index in [0.29, 0.717) is 13.1 Å². The van der Waals surface area contributed by atoms with E-state index in [-0.39, 0.29) is 35.8 Å². The first-order valence-corrected chi connectivity index (χ1v) is 5.53. The average molecular weight is 356 g/mol. The van der Waals surface area contributed by atoms with Crippen LogP contribution in [0.4, 0.5) is 0 Å². The number of guanidine groups is 1. The lowest BCUT2D eigenvalue weighted by molar-refractivity contribution is -0.123. The molecule has 102 valence electrons. The van der Waals surface area contributed by atoms with Crippen molar-refractivity contribution in [2.45, 2.75) is 13.8 Å². The monoisotopic (exact) mass is 356 g/mol. The molecule has 0 aliphatic carbocycles. The summed E-state index contributed by atoms with van der Waals surface area (Å²) in [5, 5.41) is 2.83. The third-order valence-electron chi connectivity index (χ3n) is 1.99. The maximum atomic E-state index is 11.3. The molecule has 0 aromatic carbocycles. The van der Waals surface area contributed by atoms with Crippen LogP contribution in [0.5, 0.6) is 0 Å². The molecule has 1 N–H and O–H groups in total. The Morgan fingerprint density at radius 3 is 2.00 bits per heavy atom. The molecular weight excluding hydrogens is 331 g/mol. The maximum absolute atomic E-state index is 11.3. The number of carbonyl (C=O) groups is 1. The highest BCUT2D eigenvalue weighted by Gasteiger charge is 2.06. The molecule has 0 atom stereocenters. The summed E-state index contributed by atoms with van der Waals surface area (Å²) in [4.78, 5) is 19.6. The number of carbonyl (C=O) groups excluding carboxylic acids is 1. The van der Waals surface area contributed by atoms with Gasteiger partial charge in [0.15, 0.2) is 5.96 Å². The van der Waals surface area contributed by atoms with Gasteiger partial charge in [0.2, 0.25) is 5.91 Å². The van der Waals surface area contributed by atoms with Crippen molar-refractivity contribution in [3.63, 3.8) is 0 Å². The summed E-state index contributed by atoms with van der Waals surface area (Å²) in [6.45, 7) is 4.94. The van der Waals surface area contributed by atoms with Crippen LogP contribution >= 0.6 is 24.0 Å². The summed E-state index contributed by atoms with van der Waals surface area (Å²) in [6, 6.07) is 0. The highest BCUT2D eigenvalue weighted by Crippen LogP contribution is 1.91. The van der Waals surface area contributed by atoms with Crippen LogP contribution in [0.25, 0.3) is 0 Å². The van der Waals surface area contributed by atoms with Crippen molar-refractivity contribution in [3.8, 4) is 0 Å². The Labute approximate surface area is 122 Å².